The number of ether oxygens (including phenoxy) is 2. The van der Waals surface area contributed by atoms with Crippen molar-refractivity contribution in [3.05, 3.63) is 29.8 Å². The Labute approximate surface area is 148 Å². The van der Waals surface area contributed by atoms with Crippen molar-refractivity contribution in [2.45, 2.75) is 91.6 Å². The Kier molecular flexibility index (Phi) is 8.24. The first kappa shape index (κ1) is 21.0. The standard InChI is InChI=1S/C21H37NO2/c1-8-9-16(4)23-17(5)24-19-12-10-18(11-13-19)20(15(2)3)14-21(6,7)22/h10-13,15-17,20H,8-9,14,22H2,1-7H3. The van der Waals surface area contributed by atoms with Gasteiger partial charge in [-0.1, -0.05) is 39.3 Å². The van der Waals surface area contributed by atoms with Crippen LogP contribution in [-0.4, -0.2) is 17.9 Å². The highest BCUT2D eigenvalue weighted by Gasteiger charge is 2.23. The van der Waals surface area contributed by atoms with Gasteiger partial charge in [-0.25, -0.2) is 0 Å². The van der Waals surface area contributed by atoms with Crippen molar-refractivity contribution in [2.24, 2.45) is 11.7 Å². The molecular weight excluding hydrogens is 298 g/mol. The number of nitrogens with two attached hydrogens (primary N) is 1. The molecule has 1 aromatic rings. The minimum Gasteiger partial charge on any atom is -0.465 e. The lowest BCUT2D eigenvalue weighted by Crippen LogP contribution is -2.35. The predicted molar refractivity (Wildman–Crippen MR) is 102 cm³/mol. The predicted octanol–water partition coefficient (Wildman–Crippen LogP) is 5.48. The van der Waals surface area contributed by atoms with Gasteiger partial charge in [0, 0.05) is 5.54 Å². The normalized spacial score (nSPS) is 16.0. The Morgan fingerprint density at radius 2 is 1.62 bits per heavy atom. The summed E-state index contributed by atoms with van der Waals surface area (Å²) in [5.41, 5.74) is 7.40. The van der Waals surface area contributed by atoms with Gasteiger partial charge in [0.1, 0.15) is 5.75 Å². The first-order valence-electron chi connectivity index (χ1n) is 9.33. The summed E-state index contributed by atoms with van der Waals surface area (Å²) < 4.78 is 11.7. The Morgan fingerprint density at radius 3 is 2.08 bits per heavy atom. The van der Waals surface area contributed by atoms with Crippen LogP contribution in [0.25, 0.3) is 0 Å². The molecule has 0 amide bonds. The van der Waals surface area contributed by atoms with Crippen LogP contribution < -0.4 is 10.5 Å². The van der Waals surface area contributed by atoms with Crippen molar-refractivity contribution in [1.29, 1.82) is 0 Å². The molecule has 3 atom stereocenters. The second-order valence-corrected chi connectivity index (χ2v) is 8.03. The van der Waals surface area contributed by atoms with Crippen LogP contribution in [0, 0.1) is 5.92 Å². The maximum Gasteiger partial charge on any atom is 0.197 e. The average molecular weight is 336 g/mol. The molecule has 1 rings (SSSR count). The van der Waals surface area contributed by atoms with Crippen LogP contribution >= 0.6 is 0 Å². The van der Waals surface area contributed by atoms with Gasteiger partial charge in [0.05, 0.1) is 6.10 Å². The lowest BCUT2D eigenvalue weighted by atomic mass is 9.80. The van der Waals surface area contributed by atoms with Crippen molar-refractivity contribution < 1.29 is 9.47 Å². The first-order chi connectivity index (χ1) is 11.1. The number of benzene rings is 1. The van der Waals surface area contributed by atoms with Gasteiger partial charge < -0.3 is 15.2 Å². The molecule has 0 aliphatic rings. The third-order valence-corrected chi connectivity index (χ3v) is 4.28. The van der Waals surface area contributed by atoms with E-state index in [1.54, 1.807) is 0 Å². The molecule has 0 aliphatic heterocycles. The fourth-order valence-electron chi connectivity index (χ4n) is 3.12. The van der Waals surface area contributed by atoms with E-state index in [-0.39, 0.29) is 17.9 Å². The Balaban J connectivity index is 2.70. The van der Waals surface area contributed by atoms with Gasteiger partial charge >= 0.3 is 0 Å². The average Bonchev–Trinajstić information content (AvgIpc) is 2.44. The van der Waals surface area contributed by atoms with Crippen LogP contribution in [-0.2, 0) is 4.74 Å². The van der Waals surface area contributed by atoms with Crippen LogP contribution in [0.3, 0.4) is 0 Å². The largest absolute Gasteiger partial charge is 0.465 e. The maximum atomic E-state index is 6.24. The smallest absolute Gasteiger partial charge is 0.197 e. The van der Waals surface area contributed by atoms with Gasteiger partial charge in [0.25, 0.3) is 0 Å². The Bertz CT molecular complexity index is 462. The summed E-state index contributed by atoms with van der Waals surface area (Å²) >= 11 is 0. The Morgan fingerprint density at radius 1 is 1.04 bits per heavy atom. The van der Waals surface area contributed by atoms with Crippen LogP contribution in [0.1, 0.15) is 79.2 Å². The van der Waals surface area contributed by atoms with E-state index in [4.69, 9.17) is 15.2 Å². The van der Waals surface area contributed by atoms with Gasteiger partial charge in [-0.15, -0.1) is 0 Å². The highest BCUT2D eigenvalue weighted by molar-refractivity contribution is 5.30. The molecule has 0 spiro atoms. The highest BCUT2D eigenvalue weighted by Crippen LogP contribution is 2.32. The molecule has 3 nitrogen and oxygen atoms in total. The summed E-state index contributed by atoms with van der Waals surface area (Å²) in [4.78, 5) is 0. The monoisotopic (exact) mass is 335 g/mol. The van der Waals surface area contributed by atoms with E-state index >= 15 is 0 Å². The van der Waals surface area contributed by atoms with Gasteiger partial charge in [-0.2, -0.15) is 0 Å². The molecule has 0 fully saturated rings. The maximum absolute atomic E-state index is 6.24. The minimum atomic E-state index is -0.235. The molecule has 0 radical (unpaired) electrons. The first-order valence-corrected chi connectivity index (χ1v) is 9.33. The van der Waals surface area contributed by atoms with Crippen molar-refractivity contribution in [3.63, 3.8) is 0 Å². The molecule has 0 saturated heterocycles. The van der Waals surface area contributed by atoms with Crippen molar-refractivity contribution >= 4 is 0 Å². The van der Waals surface area contributed by atoms with Gasteiger partial charge in [0.15, 0.2) is 6.29 Å². The second kappa shape index (κ2) is 9.43. The van der Waals surface area contributed by atoms with Gasteiger partial charge in [-0.05, 0) is 70.1 Å². The molecule has 1 aromatic carbocycles. The van der Waals surface area contributed by atoms with Crippen LogP contribution in [0.15, 0.2) is 24.3 Å². The second-order valence-electron chi connectivity index (χ2n) is 8.03. The SMILES string of the molecule is CCCC(C)OC(C)Oc1ccc(C(CC(C)(C)N)C(C)C)cc1. The number of hydrogen-bond acceptors (Lipinski definition) is 3. The van der Waals surface area contributed by atoms with E-state index in [0.717, 1.165) is 25.0 Å². The lowest BCUT2D eigenvalue weighted by molar-refractivity contribution is -0.103. The number of rotatable bonds is 10. The number of hydrogen-bond donors (Lipinski definition) is 1. The lowest BCUT2D eigenvalue weighted by Gasteiger charge is -2.29. The summed E-state index contributed by atoms with van der Waals surface area (Å²) in [5.74, 6) is 1.86. The zero-order valence-corrected chi connectivity index (χ0v) is 16.6. The molecule has 24 heavy (non-hydrogen) atoms. The third kappa shape index (κ3) is 7.67. The topological polar surface area (TPSA) is 44.5 Å². The molecule has 0 bridgehead atoms. The van der Waals surface area contributed by atoms with Crippen molar-refractivity contribution in [1.82, 2.24) is 0 Å². The van der Waals surface area contributed by atoms with E-state index in [1.807, 2.05) is 19.1 Å². The quantitative estimate of drug-likeness (QED) is 0.575. The molecule has 0 saturated carbocycles. The zero-order chi connectivity index (χ0) is 18.3. The molecule has 2 N–H and O–H groups in total. The van der Waals surface area contributed by atoms with Crippen molar-refractivity contribution in [3.8, 4) is 5.75 Å². The third-order valence-electron chi connectivity index (χ3n) is 4.28. The van der Waals surface area contributed by atoms with E-state index in [0.29, 0.717) is 11.8 Å². The minimum absolute atomic E-state index is 0.165. The highest BCUT2D eigenvalue weighted by atomic mass is 16.7. The van der Waals surface area contributed by atoms with E-state index < -0.39 is 0 Å². The fraction of sp³-hybridized carbons (Fsp3) is 0.714. The Hall–Kier alpha value is -1.06. The molecule has 0 aliphatic carbocycles. The summed E-state index contributed by atoms with van der Waals surface area (Å²) in [6.07, 6.45) is 3.13. The summed E-state index contributed by atoms with van der Waals surface area (Å²) in [5, 5.41) is 0. The molecule has 138 valence electrons. The van der Waals surface area contributed by atoms with E-state index in [2.05, 4.69) is 53.7 Å². The summed E-state index contributed by atoms with van der Waals surface area (Å²) in [6.45, 7) is 14.9. The molecule has 0 heterocycles. The zero-order valence-electron chi connectivity index (χ0n) is 16.6. The van der Waals surface area contributed by atoms with Crippen LogP contribution in [0.2, 0.25) is 0 Å². The molecule has 0 aromatic heterocycles. The van der Waals surface area contributed by atoms with Gasteiger partial charge in [-0.3, -0.25) is 0 Å². The molecule has 3 unspecified atom stereocenters. The molecule has 3 heteroatoms. The summed E-state index contributed by atoms with van der Waals surface area (Å²) in [6, 6.07) is 8.40. The van der Waals surface area contributed by atoms with Crippen LogP contribution in [0.5, 0.6) is 5.75 Å². The van der Waals surface area contributed by atoms with Crippen molar-refractivity contribution in [2.75, 3.05) is 0 Å². The van der Waals surface area contributed by atoms with E-state index in [1.165, 1.54) is 5.56 Å². The van der Waals surface area contributed by atoms with Gasteiger partial charge in [0.2, 0.25) is 0 Å². The van der Waals surface area contributed by atoms with E-state index in [9.17, 15) is 0 Å². The summed E-state index contributed by atoms with van der Waals surface area (Å²) in [7, 11) is 0. The fourth-order valence-corrected chi connectivity index (χ4v) is 3.12. The van der Waals surface area contributed by atoms with Crippen LogP contribution in [0.4, 0.5) is 0 Å². The molecular formula is C21H37NO2.